The van der Waals surface area contributed by atoms with Crippen LogP contribution in [0.2, 0.25) is 0 Å². The fourth-order valence-corrected chi connectivity index (χ4v) is 3.64. The summed E-state index contributed by atoms with van der Waals surface area (Å²) in [4.78, 5) is 49.1. The molecule has 1 aromatic carbocycles. The van der Waals surface area contributed by atoms with Gasteiger partial charge in [-0.05, 0) is 44.9 Å². The number of nitrogens with one attached hydrogen (secondary N) is 1. The van der Waals surface area contributed by atoms with E-state index in [1.807, 2.05) is 0 Å². The number of hydrogen-bond acceptors (Lipinski definition) is 9. The summed E-state index contributed by atoms with van der Waals surface area (Å²) in [7, 11) is 1.29. The Labute approximate surface area is 190 Å². The number of hydrogen-bond donors (Lipinski definition) is 3. The maximum absolute atomic E-state index is 12.9. The molecular formula is C21H26N2O8S. The molecule has 174 valence electrons. The number of thiocarbonyl (C=S) groups is 1. The summed E-state index contributed by atoms with van der Waals surface area (Å²) in [6.45, 7) is 0.432. The van der Waals surface area contributed by atoms with E-state index in [2.05, 4.69) is 5.32 Å². The van der Waals surface area contributed by atoms with E-state index in [-0.39, 0.29) is 17.4 Å². The van der Waals surface area contributed by atoms with Gasteiger partial charge in [0.1, 0.15) is 0 Å². The second kappa shape index (κ2) is 11.0. The molecule has 1 aliphatic carbocycles. The topological polar surface area (TPSA) is 154 Å². The summed E-state index contributed by atoms with van der Waals surface area (Å²) < 4.78 is 15.8. The molecule has 0 radical (unpaired) electrons. The third kappa shape index (κ3) is 6.01. The molecule has 0 aliphatic heterocycles. The number of carboxylic acid groups (broad SMARTS) is 1. The first kappa shape index (κ1) is 25.2. The fraction of sp³-hybridized carbons (Fsp3) is 0.476. The lowest BCUT2D eigenvalue weighted by Crippen LogP contribution is -2.61. The normalized spacial score (nSPS) is 19.8. The summed E-state index contributed by atoms with van der Waals surface area (Å²) in [5.74, 6) is -4.57. The molecule has 0 heterocycles. The van der Waals surface area contributed by atoms with Gasteiger partial charge in [0.2, 0.25) is 0 Å². The lowest BCUT2D eigenvalue weighted by molar-refractivity contribution is -0.178. The van der Waals surface area contributed by atoms with Crippen molar-refractivity contribution in [1.29, 1.82) is 0 Å². The molecule has 0 bridgehead atoms. The van der Waals surface area contributed by atoms with Gasteiger partial charge in [0.15, 0.2) is 23.9 Å². The van der Waals surface area contributed by atoms with Crippen molar-refractivity contribution in [3.05, 3.63) is 24.3 Å². The highest BCUT2D eigenvalue weighted by Crippen LogP contribution is 2.32. The molecule has 0 saturated heterocycles. The van der Waals surface area contributed by atoms with Gasteiger partial charge in [-0.25, -0.2) is 9.59 Å². The Balaban J connectivity index is 2.18. The highest BCUT2D eigenvalue weighted by Gasteiger charge is 2.49. The van der Waals surface area contributed by atoms with Crippen LogP contribution < -0.4 is 20.5 Å². The number of Topliss-reactive ketones (excluding diaryl/α,β-unsaturated/α-hetero) is 1. The molecule has 10 nitrogen and oxygen atoms in total. The minimum absolute atomic E-state index is 0.00835. The van der Waals surface area contributed by atoms with Gasteiger partial charge in [0, 0.05) is 12.8 Å². The smallest absolute Gasteiger partial charge is 0.382 e. The molecular weight excluding hydrogens is 440 g/mol. The van der Waals surface area contributed by atoms with E-state index in [4.69, 9.17) is 37.3 Å². The van der Waals surface area contributed by atoms with Crippen LogP contribution in [0.1, 0.15) is 32.6 Å². The predicted octanol–water partition coefficient (Wildman–Crippen LogP) is 1.20. The van der Waals surface area contributed by atoms with E-state index in [1.165, 1.54) is 19.2 Å². The molecule has 11 heteroatoms. The number of benzene rings is 1. The number of ether oxygens (including phenoxy) is 3. The average molecular weight is 467 g/mol. The maximum atomic E-state index is 12.9. The van der Waals surface area contributed by atoms with Gasteiger partial charge in [0.25, 0.3) is 0 Å². The van der Waals surface area contributed by atoms with Gasteiger partial charge in [-0.3, -0.25) is 14.9 Å². The highest BCUT2D eigenvalue weighted by molar-refractivity contribution is 7.80. The number of rotatable bonds is 10. The van der Waals surface area contributed by atoms with E-state index in [0.29, 0.717) is 30.7 Å². The molecule has 1 atom stereocenters. The number of carbonyl (C=O) groups excluding carboxylic acids is 3. The molecule has 1 aliphatic rings. The van der Waals surface area contributed by atoms with Gasteiger partial charge in [0.05, 0.1) is 10.9 Å². The quantitative estimate of drug-likeness (QED) is 0.197. The van der Waals surface area contributed by atoms with Crippen molar-refractivity contribution in [1.82, 2.24) is 5.32 Å². The van der Waals surface area contributed by atoms with E-state index in [0.717, 1.165) is 6.92 Å². The number of aliphatic carboxylic acids is 1. The number of para-hydroxylation sites is 2. The number of likely N-dealkylation sites (N-methyl/N-ethyl adjacent to an activating group) is 1. The lowest BCUT2D eigenvalue weighted by Gasteiger charge is -2.31. The van der Waals surface area contributed by atoms with Crippen LogP contribution in [0.4, 0.5) is 0 Å². The Hall–Kier alpha value is -3.05. The minimum atomic E-state index is -2.34. The molecule has 1 unspecified atom stereocenters. The zero-order valence-corrected chi connectivity index (χ0v) is 18.6. The van der Waals surface area contributed by atoms with Crippen LogP contribution in [-0.2, 0) is 23.9 Å². The van der Waals surface area contributed by atoms with E-state index in [1.54, 1.807) is 12.1 Å². The van der Waals surface area contributed by atoms with Crippen molar-refractivity contribution in [3.8, 4) is 11.5 Å². The Morgan fingerprint density at radius 3 is 2.19 bits per heavy atom. The third-order valence-corrected chi connectivity index (χ3v) is 5.59. The second-order valence-corrected chi connectivity index (χ2v) is 7.85. The summed E-state index contributed by atoms with van der Waals surface area (Å²) in [6.07, 6.45) is 2.12. The van der Waals surface area contributed by atoms with Crippen molar-refractivity contribution in [2.45, 2.75) is 38.3 Å². The summed E-state index contributed by atoms with van der Waals surface area (Å²) in [5.41, 5.74) is 3.32. The second-order valence-electron chi connectivity index (χ2n) is 7.38. The van der Waals surface area contributed by atoms with E-state index in [9.17, 15) is 19.2 Å². The van der Waals surface area contributed by atoms with Crippen molar-refractivity contribution >= 4 is 40.9 Å². The largest absolute Gasteiger partial charge is 0.479 e. The number of ketones is 1. The van der Waals surface area contributed by atoms with Gasteiger partial charge in [-0.2, -0.15) is 0 Å². The molecule has 0 spiro atoms. The molecule has 0 amide bonds. The summed E-state index contributed by atoms with van der Waals surface area (Å²) in [6, 6.07) is 5.90. The summed E-state index contributed by atoms with van der Waals surface area (Å²) in [5, 5.41) is 11.3. The molecule has 1 aromatic rings. The van der Waals surface area contributed by atoms with Gasteiger partial charge < -0.3 is 25.1 Å². The van der Waals surface area contributed by atoms with Gasteiger partial charge in [-0.15, -0.1) is 0 Å². The zero-order chi connectivity index (χ0) is 23.9. The lowest BCUT2D eigenvalue weighted by atomic mass is 9.82. The van der Waals surface area contributed by atoms with Crippen LogP contribution in [0.25, 0.3) is 0 Å². The number of nitrogens with two attached hydrogens (primary N) is 1. The predicted molar refractivity (Wildman–Crippen MR) is 116 cm³/mol. The number of esters is 2. The highest BCUT2D eigenvalue weighted by atomic mass is 32.1. The zero-order valence-electron chi connectivity index (χ0n) is 17.8. The van der Waals surface area contributed by atoms with Crippen LogP contribution in [0, 0.1) is 11.8 Å². The Morgan fingerprint density at radius 1 is 1.12 bits per heavy atom. The van der Waals surface area contributed by atoms with Crippen molar-refractivity contribution in [2.75, 3.05) is 13.7 Å². The van der Waals surface area contributed by atoms with Crippen LogP contribution >= 0.6 is 12.2 Å². The molecule has 1 saturated carbocycles. The van der Waals surface area contributed by atoms with E-state index >= 15 is 0 Å². The van der Waals surface area contributed by atoms with Crippen LogP contribution in [0.3, 0.4) is 0 Å². The molecule has 0 aromatic heterocycles. The standard InChI is InChI=1S/C21H26N2O8S/c1-12(24)21(23-2,31-16-6-4-3-5-15(16)29-11-17(25)26)20(28)30-19(27)14-9-7-13(8-10-14)18(22)32/h3-6,13-14,23H,7-11H2,1-2H3,(H2,22,32)(H,25,26). The molecule has 2 rings (SSSR count). The van der Waals surface area contributed by atoms with Crippen LogP contribution in [0.5, 0.6) is 11.5 Å². The van der Waals surface area contributed by atoms with Crippen LogP contribution in [0.15, 0.2) is 24.3 Å². The van der Waals surface area contributed by atoms with Crippen molar-refractivity contribution < 1.29 is 38.5 Å². The maximum Gasteiger partial charge on any atom is 0.382 e. The minimum Gasteiger partial charge on any atom is -0.479 e. The van der Waals surface area contributed by atoms with Crippen molar-refractivity contribution in [3.63, 3.8) is 0 Å². The average Bonchev–Trinajstić information content (AvgIpc) is 2.76. The monoisotopic (exact) mass is 466 g/mol. The molecule has 32 heavy (non-hydrogen) atoms. The number of carboxylic acids is 1. The Morgan fingerprint density at radius 2 is 1.69 bits per heavy atom. The molecule has 4 N–H and O–H groups in total. The summed E-state index contributed by atoms with van der Waals surface area (Å²) >= 11 is 4.99. The van der Waals surface area contributed by atoms with Gasteiger partial charge in [-0.1, -0.05) is 24.4 Å². The van der Waals surface area contributed by atoms with Gasteiger partial charge >= 0.3 is 23.6 Å². The third-order valence-electron chi connectivity index (χ3n) is 5.25. The first-order chi connectivity index (χ1) is 15.1. The van der Waals surface area contributed by atoms with Crippen LogP contribution in [-0.4, -0.2) is 53.2 Å². The molecule has 1 fully saturated rings. The first-order valence-corrected chi connectivity index (χ1v) is 10.4. The van der Waals surface area contributed by atoms with E-state index < -0.39 is 41.9 Å². The fourth-order valence-electron chi connectivity index (χ4n) is 3.40. The Bertz CT molecular complexity index is 898. The number of carbonyl (C=O) groups is 4. The Kier molecular flexibility index (Phi) is 8.67. The SMILES string of the molecule is CNC(Oc1ccccc1OCC(=O)O)(C(C)=O)C(=O)OC(=O)C1CCC(C(N)=S)CC1. The first-order valence-electron chi connectivity index (χ1n) is 9.98. The van der Waals surface area contributed by atoms with Crippen molar-refractivity contribution in [2.24, 2.45) is 17.6 Å².